The Morgan fingerprint density at radius 2 is 2.04 bits per heavy atom. The van der Waals surface area contributed by atoms with Gasteiger partial charge < -0.3 is 20.7 Å². The van der Waals surface area contributed by atoms with Crippen molar-refractivity contribution < 1.29 is 9.90 Å². The zero-order chi connectivity index (χ0) is 19.2. The van der Waals surface area contributed by atoms with Gasteiger partial charge in [-0.15, -0.1) is 0 Å². The Morgan fingerprint density at radius 3 is 2.74 bits per heavy atom. The number of amides is 1. The first-order chi connectivity index (χ1) is 13.1. The number of hydrogen-bond acceptors (Lipinski definition) is 6. The fourth-order valence-electron chi connectivity index (χ4n) is 2.58. The van der Waals surface area contributed by atoms with Crippen molar-refractivity contribution in [2.45, 2.75) is 6.54 Å². The summed E-state index contributed by atoms with van der Waals surface area (Å²) in [6, 6.07) is 12.0. The molecule has 2 heterocycles. The predicted molar refractivity (Wildman–Crippen MR) is 100 cm³/mol. The lowest BCUT2D eigenvalue weighted by atomic mass is 10.1. The van der Waals surface area contributed by atoms with Crippen LogP contribution >= 0.6 is 0 Å². The summed E-state index contributed by atoms with van der Waals surface area (Å²) in [6.07, 6.45) is 1.55. The summed E-state index contributed by atoms with van der Waals surface area (Å²) in [5.74, 6) is -0.0626. The van der Waals surface area contributed by atoms with Crippen LogP contribution in [0.5, 0.6) is 0 Å². The van der Waals surface area contributed by atoms with Gasteiger partial charge in [-0.05, 0) is 29.8 Å². The molecular formula is C19H17N5O3. The van der Waals surface area contributed by atoms with Gasteiger partial charge in [-0.3, -0.25) is 9.59 Å². The SMILES string of the molecule is N#Cc1ccc(CNC(=O)c2cc3ccnc(NCCO)c3[nH]c2=O)cc1. The standard InChI is InChI=1S/C19H17N5O3/c20-10-12-1-3-13(4-2-12)11-23-18(26)15-9-14-5-6-21-17(22-7-8-25)16(14)24-19(15)27/h1-6,9,25H,7-8,11H2,(H,21,22)(H,23,26)(H,24,27). The van der Waals surface area contributed by atoms with Crippen LogP contribution in [-0.2, 0) is 6.54 Å². The third-order valence-corrected chi connectivity index (χ3v) is 3.95. The number of benzene rings is 1. The molecule has 3 rings (SSSR count). The largest absolute Gasteiger partial charge is 0.395 e. The van der Waals surface area contributed by atoms with E-state index in [9.17, 15) is 9.59 Å². The number of nitrogens with one attached hydrogen (secondary N) is 3. The molecule has 1 amide bonds. The third kappa shape index (κ3) is 4.11. The molecule has 0 saturated heterocycles. The molecule has 2 aromatic heterocycles. The molecule has 0 unspecified atom stereocenters. The monoisotopic (exact) mass is 363 g/mol. The summed E-state index contributed by atoms with van der Waals surface area (Å²) in [4.78, 5) is 31.6. The van der Waals surface area contributed by atoms with E-state index in [0.717, 1.165) is 5.56 Å². The molecule has 0 radical (unpaired) electrons. The molecular weight excluding hydrogens is 346 g/mol. The Bertz CT molecular complexity index is 1070. The number of aliphatic hydroxyl groups excluding tert-OH is 1. The molecule has 4 N–H and O–H groups in total. The molecule has 8 heteroatoms. The van der Waals surface area contributed by atoms with Gasteiger partial charge in [0.05, 0.1) is 23.8 Å². The predicted octanol–water partition coefficient (Wildman–Crippen LogP) is 1.13. The zero-order valence-corrected chi connectivity index (χ0v) is 14.3. The summed E-state index contributed by atoms with van der Waals surface area (Å²) in [5, 5.41) is 24.0. The molecule has 8 nitrogen and oxygen atoms in total. The van der Waals surface area contributed by atoms with Crippen molar-refractivity contribution in [3.63, 3.8) is 0 Å². The number of aliphatic hydroxyl groups is 1. The fourth-order valence-corrected chi connectivity index (χ4v) is 2.58. The van der Waals surface area contributed by atoms with Crippen LogP contribution in [0.3, 0.4) is 0 Å². The number of fused-ring (bicyclic) bond motifs is 1. The van der Waals surface area contributed by atoms with E-state index in [1.54, 1.807) is 36.5 Å². The van der Waals surface area contributed by atoms with Crippen LogP contribution in [-0.4, -0.2) is 34.1 Å². The van der Waals surface area contributed by atoms with Gasteiger partial charge in [0.25, 0.3) is 11.5 Å². The lowest BCUT2D eigenvalue weighted by Gasteiger charge is -2.09. The second-order valence-corrected chi connectivity index (χ2v) is 5.78. The number of nitriles is 1. The Morgan fingerprint density at radius 1 is 1.26 bits per heavy atom. The molecule has 136 valence electrons. The molecule has 0 atom stereocenters. The van der Waals surface area contributed by atoms with Gasteiger partial charge >= 0.3 is 0 Å². The van der Waals surface area contributed by atoms with Gasteiger partial charge in [-0.25, -0.2) is 4.98 Å². The van der Waals surface area contributed by atoms with Crippen molar-refractivity contribution in [3.05, 3.63) is 69.6 Å². The van der Waals surface area contributed by atoms with Crippen LogP contribution < -0.4 is 16.2 Å². The van der Waals surface area contributed by atoms with Crippen LogP contribution in [0.2, 0.25) is 0 Å². The van der Waals surface area contributed by atoms with E-state index in [0.29, 0.717) is 28.8 Å². The minimum atomic E-state index is -0.528. The van der Waals surface area contributed by atoms with Gasteiger partial charge in [0.15, 0.2) is 5.82 Å². The summed E-state index contributed by atoms with van der Waals surface area (Å²) in [6.45, 7) is 0.459. The maximum Gasteiger partial charge on any atom is 0.261 e. The van der Waals surface area contributed by atoms with E-state index >= 15 is 0 Å². The molecule has 0 bridgehead atoms. The molecule has 0 aliphatic rings. The number of hydrogen-bond donors (Lipinski definition) is 4. The normalized spacial score (nSPS) is 10.4. The fraction of sp³-hybridized carbons (Fsp3) is 0.158. The number of anilines is 1. The second kappa shape index (κ2) is 8.12. The molecule has 0 spiro atoms. The molecule has 3 aromatic rings. The van der Waals surface area contributed by atoms with E-state index in [1.807, 2.05) is 6.07 Å². The van der Waals surface area contributed by atoms with E-state index in [2.05, 4.69) is 20.6 Å². The number of nitrogens with zero attached hydrogens (tertiary/aromatic N) is 2. The van der Waals surface area contributed by atoms with Crippen molar-refractivity contribution in [2.24, 2.45) is 0 Å². The first kappa shape index (κ1) is 18.1. The highest BCUT2D eigenvalue weighted by molar-refractivity contribution is 5.98. The molecule has 1 aromatic carbocycles. The summed E-state index contributed by atoms with van der Waals surface area (Å²) < 4.78 is 0. The maximum atomic E-state index is 12.4. The average molecular weight is 363 g/mol. The first-order valence-corrected chi connectivity index (χ1v) is 8.26. The van der Waals surface area contributed by atoms with Crippen LogP contribution in [0.4, 0.5) is 5.82 Å². The van der Waals surface area contributed by atoms with Crippen molar-refractivity contribution in [1.82, 2.24) is 15.3 Å². The number of carbonyl (C=O) groups excluding carboxylic acids is 1. The third-order valence-electron chi connectivity index (χ3n) is 3.95. The van der Waals surface area contributed by atoms with Gasteiger partial charge in [-0.1, -0.05) is 12.1 Å². The highest BCUT2D eigenvalue weighted by Gasteiger charge is 2.13. The van der Waals surface area contributed by atoms with Crippen LogP contribution in [0, 0.1) is 11.3 Å². The van der Waals surface area contributed by atoms with Crippen molar-refractivity contribution in [1.29, 1.82) is 5.26 Å². The van der Waals surface area contributed by atoms with Crippen molar-refractivity contribution in [2.75, 3.05) is 18.5 Å². The summed E-state index contributed by atoms with van der Waals surface area (Å²) in [5.41, 5.74) is 1.30. The minimum Gasteiger partial charge on any atom is -0.395 e. The van der Waals surface area contributed by atoms with Gasteiger partial charge in [-0.2, -0.15) is 5.26 Å². The number of aromatic amines is 1. The molecule has 27 heavy (non-hydrogen) atoms. The number of aromatic nitrogens is 2. The lowest BCUT2D eigenvalue weighted by molar-refractivity contribution is 0.0949. The van der Waals surface area contributed by atoms with Crippen LogP contribution in [0.25, 0.3) is 10.9 Å². The topological polar surface area (TPSA) is 131 Å². The van der Waals surface area contributed by atoms with Crippen LogP contribution in [0.1, 0.15) is 21.5 Å². The van der Waals surface area contributed by atoms with Gasteiger partial charge in [0.1, 0.15) is 5.56 Å². The number of pyridine rings is 2. The van der Waals surface area contributed by atoms with Crippen LogP contribution in [0.15, 0.2) is 47.4 Å². The van der Waals surface area contributed by atoms with E-state index in [1.165, 1.54) is 6.07 Å². The second-order valence-electron chi connectivity index (χ2n) is 5.78. The summed E-state index contributed by atoms with van der Waals surface area (Å²) in [7, 11) is 0. The average Bonchev–Trinajstić information content (AvgIpc) is 2.70. The number of rotatable bonds is 6. The maximum absolute atomic E-state index is 12.4. The highest BCUT2D eigenvalue weighted by atomic mass is 16.3. The quantitative estimate of drug-likeness (QED) is 0.519. The molecule has 0 fully saturated rings. The molecule has 0 aliphatic heterocycles. The Kier molecular flexibility index (Phi) is 5.44. The highest BCUT2D eigenvalue weighted by Crippen LogP contribution is 2.17. The van der Waals surface area contributed by atoms with Gasteiger partial charge in [0, 0.05) is 24.7 Å². The van der Waals surface area contributed by atoms with E-state index in [4.69, 9.17) is 10.4 Å². The Hall–Kier alpha value is -3.70. The molecule has 0 saturated carbocycles. The summed E-state index contributed by atoms with van der Waals surface area (Å²) >= 11 is 0. The Balaban J connectivity index is 1.81. The van der Waals surface area contributed by atoms with Crippen molar-refractivity contribution in [3.8, 4) is 6.07 Å². The van der Waals surface area contributed by atoms with Gasteiger partial charge in [0.2, 0.25) is 0 Å². The first-order valence-electron chi connectivity index (χ1n) is 8.26. The smallest absolute Gasteiger partial charge is 0.261 e. The Labute approximate surface area is 154 Å². The van der Waals surface area contributed by atoms with E-state index < -0.39 is 11.5 Å². The van der Waals surface area contributed by atoms with E-state index in [-0.39, 0.29) is 18.7 Å². The zero-order valence-electron chi connectivity index (χ0n) is 14.3. The molecule has 0 aliphatic carbocycles. The lowest BCUT2D eigenvalue weighted by Crippen LogP contribution is -2.29. The minimum absolute atomic E-state index is 0.00421. The number of H-pyrrole nitrogens is 1. The number of carbonyl (C=O) groups is 1. The van der Waals surface area contributed by atoms with Crippen molar-refractivity contribution >= 4 is 22.6 Å².